The predicted octanol–water partition coefficient (Wildman–Crippen LogP) is 1.03. The molecular formula is C12H26N2O. The molecular weight excluding hydrogens is 188 g/mol. The van der Waals surface area contributed by atoms with Gasteiger partial charge in [0.25, 0.3) is 0 Å². The van der Waals surface area contributed by atoms with E-state index in [2.05, 4.69) is 23.6 Å². The van der Waals surface area contributed by atoms with E-state index in [9.17, 15) is 5.11 Å². The van der Waals surface area contributed by atoms with Gasteiger partial charge in [0, 0.05) is 39.3 Å². The molecule has 0 aromatic heterocycles. The molecule has 1 aliphatic heterocycles. The van der Waals surface area contributed by atoms with E-state index in [0.29, 0.717) is 0 Å². The SMILES string of the molecule is CC(C)CN1CCN(CC(C)(C)O)CC1. The van der Waals surface area contributed by atoms with Crippen molar-refractivity contribution in [3.05, 3.63) is 0 Å². The van der Waals surface area contributed by atoms with Crippen LogP contribution in [0.3, 0.4) is 0 Å². The molecule has 0 aromatic rings. The quantitative estimate of drug-likeness (QED) is 0.757. The fraction of sp³-hybridized carbons (Fsp3) is 1.00. The number of piperazine rings is 1. The summed E-state index contributed by atoms with van der Waals surface area (Å²) in [5.74, 6) is 0.755. The average Bonchev–Trinajstić information content (AvgIpc) is 2.05. The summed E-state index contributed by atoms with van der Waals surface area (Å²) < 4.78 is 0. The highest BCUT2D eigenvalue weighted by Gasteiger charge is 2.22. The molecule has 1 saturated heterocycles. The summed E-state index contributed by atoms with van der Waals surface area (Å²) in [6.45, 7) is 14.8. The molecule has 0 aromatic carbocycles. The zero-order valence-electron chi connectivity index (χ0n) is 10.7. The van der Waals surface area contributed by atoms with Crippen LogP contribution in [0.25, 0.3) is 0 Å². The normalized spacial score (nSPS) is 21.2. The number of hydrogen-bond donors (Lipinski definition) is 1. The van der Waals surface area contributed by atoms with Gasteiger partial charge in [-0.2, -0.15) is 0 Å². The van der Waals surface area contributed by atoms with Crippen molar-refractivity contribution in [2.24, 2.45) is 5.92 Å². The Hall–Kier alpha value is -0.120. The lowest BCUT2D eigenvalue weighted by Gasteiger charge is -2.37. The Labute approximate surface area is 94.1 Å². The maximum atomic E-state index is 9.73. The second-order valence-electron chi connectivity index (χ2n) is 5.78. The molecule has 1 aliphatic rings. The topological polar surface area (TPSA) is 26.7 Å². The first-order chi connectivity index (χ1) is 6.87. The second kappa shape index (κ2) is 5.28. The van der Waals surface area contributed by atoms with Crippen molar-refractivity contribution in [3.8, 4) is 0 Å². The molecule has 90 valence electrons. The van der Waals surface area contributed by atoms with Gasteiger partial charge in [0.1, 0.15) is 0 Å². The van der Waals surface area contributed by atoms with E-state index in [1.54, 1.807) is 0 Å². The van der Waals surface area contributed by atoms with Crippen LogP contribution in [0.1, 0.15) is 27.7 Å². The minimum atomic E-state index is -0.555. The number of aliphatic hydroxyl groups is 1. The fourth-order valence-corrected chi connectivity index (χ4v) is 2.19. The molecule has 0 radical (unpaired) electrons. The smallest absolute Gasteiger partial charge is 0.0718 e. The van der Waals surface area contributed by atoms with Gasteiger partial charge in [-0.15, -0.1) is 0 Å². The zero-order valence-corrected chi connectivity index (χ0v) is 10.7. The van der Waals surface area contributed by atoms with Crippen molar-refractivity contribution in [1.29, 1.82) is 0 Å². The van der Waals surface area contributed by atoms with E-state index in [0.717, 1.165) is 38.6 Å². The summed E-state index contributed by atoms with van der Waals surface area (Å²) in [6, 6.07) is 0. The Morgan fingerprint density at radius 2 is 1.53 bits per heavy atom. The van der Waals surface area contributed by atoms with Crippen LogP contribution in [0.4, 0.5) is 0 Å². The molecule has 0 unspecified atom stereocenters. The molecule has 1 rings (SSSR count). The maximum absolute atomic E-state index is 9.73. The Bertz CT molecular complexity index is 179. The molecule has 0 aliphatic carbocycles. The lowest BCUT2D eigenvalue weighted by molar-refractivity contribution is 0.0163. The Kier molecular flexibility index (Phi) is 4.56. The highest BCUT2D eigenvalue weighted by Crippen LogP contribution is 2.09. The summed E-state index contributed by atoms with van der Waals surface area (Å²) in [5.41, 5.74) is -0.555. The van der Waals surface area contributed by atoms with Gasteiger partial charge in [-0.05, 0) is 19.8 Å². The number of β-amino-alcohol motifs (C(OH)–C–C–N with tert-alkyl or cyclic N) is 1. The van der Waals surface area contributed by atoms with Gasteiger partial charge in [-0.3, -0.25) is 4.90 Å². The monoisotopic (exact) mass is 214 g/mol. The van der Waals surface area contributed by atoms with Crippen molar-refractivity contribution in [1.82, 2.24) is 9.80 Å². The maximum Gasteiger partial charge on any atom is 0.0718 e. The van der Waals surface area contributed by atoms with Crippen molar-refractivity contribution in [3.63, 3.8) is 0 Å². The Morgan fingerprint density at radius 1 is 1.07 bits per heavy atom. The molecule has 15 heavy (non-hydrogen) atoms. The summed E-state index contributed by atoms with van der Waals surface area (Å²) in [7, 11) is 0. The van der Waals surface area contributed by atoms with Crippen LogP contribution < -0.4 is 0 Å². The van der Waals surface area contributed by atoms with Gasteiger partial charge in [-0.25, -0.2) is 0 Å². The van der Waals surface area contributed by atoms with Gasteiger partial charge in [-0.1, -0.05) is 13.8 Å². The van der Waals surface area contributed by atoms with Crippen LogP contribution in [0.5, 0.6) is 0 Å². The van der Waals surface area contributed by atoms with Crippen molar-refractivity contribution >= 4 is 0 Å². The minimum absolute atomic E-state index is 0.555. The van der Waals surface area contributed by atoms with Gasteiger partial charge >= 0.3 is 0 Å². The number of nitrogens with zero attached hydrogens (tertiary/aromatic N) is 2. The van der Waals surface area contributed by atoms with E-state index >= 15 is 0 Å². The average molecular weight is 214 g/mol. The highest BCUT2D eigenvalue weighted by atomic mass is 16.3. The number of hydrogen-bond acceptors (Lipinski definition) is 3. The van der Waals surface area contributed by atoms with E-state index in [1.165, 1.54) is 6.54 Å². The minimum Gasteiger partial charge on any atom is -0.389 e. The highest BCUT2D eigenvalue weighted by molar-refractivity contribution is 4.78. The molecule has 1 N–H and O–H groups in total. The summed E-state index contributed by atoms with van der Waals surface area (Å²) >= 11 is 0. The number of rotatable bonds is 4. The lowest BCUT2D eigenvalue weighted by atomic mass is 10.1. The van der Waals surface area contributed by atoms with E-state index in [4.69, 9.17) is 0 Å². The third-order valence-corrected chi connectivity index (χ3v) is 2.70. The molecule has 0 bridgehead atoms. The van der Waals surface area contributed by atoms with Crippen LogP contribution >= 0.6 is 0 Å². The van der Waals surface area contributed by atoms with Crippen molar-refractivity contribution in [2.45, 2.75) is 33.3 Å². The first-order valence-corrected chi connectivity index (χ1v) is 6.04. The first-order valence-electron chi connectivity index (χ1n) is 6.04. The van der Waals surface area contributed by atoms with Gasteiger partial charge in [0.05, 0.1) is 5.60 Å². The molecule has 3 nitrogen and oxygen atoms in total. The molecule has 0 amide bonds. The van der Waals surface area contributed by atoms with Crippen LogP contribution in [-0.4, -0.2) is 59.8 Å². The predicted molar refractivity (Wildman–Crippen MR) is 64.0 cm³/mol. The first kappa shape index (κ1) is 12.9. The van der Waals surface area contributed by atoms with Crippen molar-refractivity contribution < 1.29 is 5.11 Å². The Morgan fingerprint density at radius 3 is 1.93 bits per heavy atom. The van der Waals surface area contributed by atoms with E-state index in [1.807, 2.05) is 13.8 Å². The standard InChI is InChI=1S/C12H26N2O/c1-11(2)9-13-5-7-14(8-6-13)10-12(3,4)15/h11,15H,5-10H2,1-4H3. The molecule has 0 atom stereocenters. The van der Waals surface area contributed by atoms with E-state index in [-0.39, 0.29) is 0 Å². The molecule has 0 spiro atoms. The summed E-state index contributed by atoms with van der Waals surface area (Å²) in [6.07, 6.45) is 0. The summed E-state index contributed by atoms with van der Waals surface area (Å²) in [5, 5.41) is 9.73. The third-order valence-electron chi connectivity index (χ3n) is 2.70. The molecule has 1 fully saturated rings. The van der Waals surface area contributed by atoms with Gasteiger partial charge in [0.15, 0.2) is 0 Å². The summed E-state index contributed by atoms with van der Waals surface area (Å²) in [4.78, 5) is 4.88. The van der Waals surface area contributed by atoms with E-state index < -0.39 is 5.60 Å². The van der Waals surface area contributed by atoms with Crippen LogP contribution in [0, 0.1) is 5.92 Å². The fourth-order valence-electron chi connectivity index (χ4n) is 2.19. The second-order valence-corrected chi connectivity index (χ2v) is 5.78. The van der Waals surface area contributed by atoms with Gasteiger partial charge < -0.3 is 10.0 Å². The van der Waals surface area contributed by atoms with Crippen LogP contribution in [0.2, 0.25) is 0 Å². The lowest BCUT2D eigenvalue weighted by Crippen LogP contribution is -2.51. The van der Waals surface area contributed by atoms with Crippen LogP contribution in [0.15, 0.2) is 0 Å². The molecule has 3 heteroatoms. The largest absolute Gasteiger partial charge is 0.389 e. The third kappa shape index (κ3) is 5.50. The van der Waals surface area contributed by atoms with Gasteiger partial charge in [0.2, 0.25) is 0 Å². The molecule has 1 heterocycles. The van der Waals surface area contributed by atoms with Crippen molar-refractivity contribution in [2.75, 3.05) is 39.3 Å². The Balaban J connectivity index is 2.24. The van der Waals surface area contributed by atoms with Crippen LogP contribution in [-0.2, 0) is 0 Å². The zero-order chi connectivity index (χ0) is 11.5. The molecule has 0 saturated carbocycles.